The van der Waals surface area contributed by atoms with Crippen molar-refractivity contribution in [3.8, 4) is 0 Å². The number of aryl methyl sites for hydroxylation is 1. The van der Waals surface area contributed by atoms with Gasteiger partial charge in [0.1, 0.15) is 11.5 Å². The smallest absolute Gasteiger partial charge is 0.216 e. The zero-order valence-corrected chi connectivity index (χ0v) is 14.2. The normalized spacial score (nSPS) is 22.8. The van der Waals surface area contributed by atoms with Crippen molar-refractivity contribution < 1.29 is 12.8 Å². The first kappa shape index (κ1) is 16.0. The van der Waals surface area contributed by atoms with Gasteiger partial charge in [0.2, 0.25) is 10.0 Å². The summed E-state index contributed by atoms with van der Waals surface area (Å²) in [5.41, 5.74) is 0. The van der Waals surface area contributed by atoms with Crippen molar-refractivity contribution in [2.45, 2.75) is 63.3 Å². The Labute approximate surface area is 133 Å². The topological polar surface area (TPSA) is 62.6 Å². The van der Waals surface area contributed by atoms with Gasteiger partial charge in [-0.3, -0.25) is 0 Å². The molecule has 0 aromatic carbocycles. The number of sulfonamides is 1. The molecule has 0 radical (unpaired) electrons. The first-order valence-electron chi connectivity index (χ1n) is 8.34. The second kappa shape index (κ2) is 6.34. The van der Waals surface area contributed by atoms with Crippen LogP contribution in [-0.2, 0) is 16.4 Å². The Bertz CT molecular complexity index is 599. The van der Waals surface area contributed by atoms with Crippen LogP contribution in [0, 0.1) is 0 Å². The second-order valence-electron chi connectivity index (χ2n) is 6.46. The Hall–Kier alpha value is -0.850. The molecule has 22 heavy (non-hydrogen) atoms. The molecule has 6 heteroatoms. The van der Waals surface area contributed by atoms with Crippen LogP contribution < -0.4 is 5.32 Å². The van der Waals surface area contributed by atoms with Crippen LogP contribution in [0.5, 0.6) is 0 Å². The lowest BCUT2D eigenvalue weighted by Gasteiger charge is -2.33. The van der Waals surface area contributed by atoms with Crippen molar-refractivity contribution in [2.75, 3.05) is 13.1 Å². The van der Waals surface area contributed by atoms with E-state index in [0.29, 0.717) is 19.1 Å². The van der Waals surface area contributed by atoms with E-state index < -0.39 is 10.0 Å². The maximum Gasteiger partial charge on any atom is 0.216 e. The van der Waals surface area contributed by atoms with Crippen molar-refractivity contribution in [2.24, 2.45) is 0 Å². The average Bonchev–Trinajstić information content (AvgIpc) is 3.26. The molecule has 1 aromatic heterocycles. The largest absolute Gasteiger partial charge is 0.464 e. The predicted molar refractivity (Wildman–Crippen MR) is 86.2 cm³/mol. The number of hydrogen-bond acceptors (Lipinski definition) is 4. The van der Waals surface area contributed by atoms with E-state index in [1.54, 1.807) is 4.31 Å². The van der Waals surface area contributed by atoms with Gasteiger partial charge < -0.3 is 9.73 Å². The highest BCUT2D eigenvalue weighted by molar-refractivity contribution is 7.90. The van der Waals surface area contributed by atoms with Crippen molar-refractivity contribution in [3.63, 3.8) is 0 Å². The summed E-state index contributed by atoms with van der Waals surface area (Å²) >= 11 is 0. The number of piperidine rings is 1. The molecule has 1 saturated carbocycles. The summed E-state index contributed by atoms with van der Waals surface area (Å²) in [5.74, 6) is 1.97. The fourth-order valence-corrected chi connectivity index (χ4v) is 4.98. The van der Waals surface area contributed by atoms with E-state index in [9.17, 15) is 8.42 Å². The van der Waals surface area contributed by atoms with Crippen LogP contribution in [0.15, 0.2) is 16.5 Å². The molecule has 2 heterocycles. The third kappa shape index (κ3) is 3.39. The molecule has 2 aliphatic rings. The van der Waals surface area contributed by atoms with E-state index in [1.807, 2.05) is 12.1 Å². The maximum atomic E-state index is 12.2. The van der Waals surface area contributed by atoms with E-state index >= 15 is 0 Å². The molecule has 1 saturated heterocycles. The summed E-state index contributed by atoms with van der Waals surface area (Å²) in [6.07, 6.45) is 4.34. The van der Waals surface area contributed by atoms with Gasteiger partial charge in [0, 0.05) is 25.6 Å². The summed E-state index contributed by atoms with van der Waals surface area (Å²) in [6.45, 7) is 5.46. The standard InChI is InChI=1S/C16H26N2O3S/c1-3-14-4-7-16(21-14)12(2)17-13-8-10-18(11-9-13)22(19,20)15-5-6-15/h4,7,12-13,15,17H,3,5-6,8-11H2,1-2H3. The molecular weight excluding hydrogens is 300 g/mol. The molecule has 1 atom stereocenters. The molecular formula is C16H26N2O3S. The molecule has 0 amide bonds. The minimum Gasteiger partial charge on any atom is -0.464 e. The zero-order chi connectivity index (χ0) is 15.7. The Morgan fingerprint density at radius 3 is 2.50 bits per heavy atom. The van der Waals surface area contributed by atoms with Gasteiger partial charge in [0.15, 0.2) is 0 Å². The highest BCUT2D eigenvalue weighted by Crippen LogP contribution is 2.32. The van der Waals surface area contributed by atoms with Crippen LogP contribution >= 0.6 is 0 Å². The van der Waals surface area contributed by atoms with Crippen molar-refractivity contribution in [1.29, 1.82) is 0 Å². The molecule has 1 N–H and O–H groups in total. The van der Waals surface area contributed by atoms with Gasteiger partial charge in [-0.25, -0.2) is 12.7 Å². The summed E-state index contributed by atoms with van der Waals surface area (Å²) in [4.78, 5) is 0. The third-order valence-electron chi connectivity index (χ3n) is 4.70. The third-order valence-corrected chi connectivity index (χ3v) is 7.10. The van der Waals surface area contributed by atoms with E-state index in [2.05, 4.69) is 19.2 Å². The molecule has 1 aliphatic heterocycles. The first-order valence-corrected chi connectivity index (χ1v) is 9.84. The number of furan rings is 1. The number of rotatable bonds is 6. The summed E-state index contributed by atoms with van der Waals surface area (Å²) in [7, 11) is -3.01. The molecule has 1 unspecified atom stereocenters. The second-order valence-corrected chi connectivity index (χ2v) is 8.68. The van der Waals surface area contributed by atoms with Gasteiger partial charge in [0.25, 0.3) is 0 Å². The van der Waals surface area contributed by atoms with Crippen LogP contribution in [0.1, 0.15) is 57.1 Å². The van der Waals surface area contributed by atoms with Crippen LogP contribution in [0.25, 0.3) is 0 Å². The van der Waals surface area contributed by atoms with Gasteiger partial charge in [-0.1, -0.05) is 6.92 Å². The van der Waals surface area contributed by atoms with E-state index in [0.717, 1.165) is 43.6 Å². The summed E-state index contributed by atoms with van der Waals surface area (Å²) < 4.78 is 31.9. The lowest BCUT2D eigenvalue weighted by Crippen LogP contribution is -2.46. The molecule has 124 valence electrons. The van der Waals surface area contributed by atoms with Crippen LogP contribution in [0.3, 0.4) is 0 Å². The molecule has 3 rings (SSSR count). The Morgan fingerprint density at radius 1 is 1.27 bits per heavy atom. The summed E-state index contributed by atoms with van der Waals surface area (Å²) in [6, 6.07) is 4.58. The lowest BCUT2D eigenvalue weighted by molar-refractivity contribution is 0.267. The fraction of sp³-hybridized carbons (Fsp3) is 0.750. The minimum atomic E-state index is -3.01. The minimum absolute atomic E-state index is 0.0912. The Morgan fingerprint density at radius 2 is 1.95 bits per heavy atom. The summed E-state index contributed by atoms with van der Waals surface area (Å²) in [5, 5.41) is 3.48. The quantitative estimate of drug-likeness (QED) is 0.872. The number of nitrogens with zero attached hydrogens (tertiary/aromatic N) is 1. The highest BCUT2D eigenvalue weighted by Gasteiger charge is 2.41. The van der Waals surface area contributed by atoms with Gasteiger partial charge >= 0.3 is 0 Å². The van der Waals surface area contributed by atoms with Gasteiger partial charge in [-0.2, -0.15) is 0 Å². The Balaban J connectivity index is 1.51. The van der Waals surface area contributed by atoms with Gasteiger partial charge in [0.05, 0.1) is 11.3 Å². The first-order chi connectivity index (χ1) is 10.5. The Kier molecular flexibility index (Phi) is 4.61. The van der Waals surface area contributed by atoms with E-state index in [-0.39, 0.29) is 11.3 Å². The molecule has 0 bridgehead atoms. The fourth-order valence-electron chi connectivity index (χ4n) is 3.11. The van der Waals surface area contributed by atoms with E-state index in [4.69, 9.17) is 4.42 Å². The van der Waals surface area contributed by atoms with E-state index in [1.165, 1.54) is 0 Å². The van der Waals surface area contributed by atoms with Crippen molar-refractivity contribution in [3.05, 3.63) is 23.7 Å². The zero-order valence-electron chi connectivity index (χ0n) is 13.4. The van der Waals surface area contributed by atoms with Crippen LogP contribution in [0.2, 0.25) is 0 Å². The SMILES string of the molecule is CCc1ccc(C(C)NC2CCN(S(=O)(=O)C3CC3)CC2)o1. The van der Waals surface area contributed by atoms with Crippen molar-refractivity contribution >= 4 is 10.0 Å². The lowest BCUT2D eigenvalue weighted by atomic mass is 10.1. The van der Waals surface area contributed by atoms with Gasteiger partial charge in [-0.05, 0) is 44.7 Å². The average molecular weight is 326 g/mol. The molecule has 1 aliphatic carbocycles. The predicted octanol–water partition coefficient (Wildman–Crippen LogP) is 2.45. The van der Waals surface area contributed by atoms with Gasteiger partial charge in [-0.15, -0.1) is 0 Å². The molecule has 1 aromatic rings. The monoisotopic (exact) mass is 326 g/mol. The van der Waals surface area contributed by atoms with Crippen LogP contribution in [-0.4, -0.2) is 37.1 Å². The molecule has 5 nitrogen and oxygen atoms in total. The maximum absolute atomic E-state index is 12.2. The van der Waals surface area contributed by atoms with Crippen LogP contribution in [0.4, 0.5) is 0 Å². The molecule has 0 spiro atoms. The van der Waals surface area contributed by atoms with Crippen molar-refractivity contribution in [1.82, 2.24) is 9.62 Å². The highest BCUT2D eigenvalue weighted by atomic mass is 32.2. The number of hydrogen-bond donors (Lipinski definition) is 1. The number of nitrogens with one attached hydrogen (secondary N) is 1. The molecule has 2 fully saturated rings.